The van der Waals surface area contributed by atoms with Crippen LogP contribution in [0.5, 0.6) is 5.75 Å². The van der Waals surface area contributed by atoms with Gasteiger partial charge >= 0.3 is 5.97 Å². The Morgan fingerprint density at radius 3 is 2.53 bits per heavy atom. The molecule has 0 atom stereocenters. The Bertz CT molecular complexity index is 641. The molecular weight excluding hydrogens is 285 g/mol. The van der Waals surface area contributed by atoms with Gasteiger partial charge in [-0.15, -0.1) is 0 Å². The van der Waals surface area contributed by atoms with E-state index in [1.54, 1.807) is 12.1 Å². The number of aryl methyl sites for hydroxylation is 2. The lowest BCUT2D eigenvalue weighted by atomic mass is 10.1. The van der Waals surface area contributed by atoms with Crippen LogP contribution in [0.25, 0.3) is 0 Å². The molecule has 0 aliphatic heterocycles. The SMILES string of the molecule is Cc1ccc(OC(=O)c2cnc(Cl)c(Cl)c2)cc1C. The van der Waals surface area contributed by atoms with E-state index in [9.17, 15) is 4.79 Å². The summed E-state index contributed by atoms with van der Waals surface area (Å²) >= 11 is 11.5. The minimum Gasteiger partial charge on any atom is -0.423 e. The molecule has 5 heteroatoms. The van der Waals surface area contributed by atoms with Gasteiger partial charge in [-0.05, 0) is 43.2 Å². The van der Waals surface area contributed by atoms with Gasteiger partial charge in [0.1, 0.15) is 10.9 Å². The molecule has 98 valence electrons. The molecule has 1 aromatic carbocycles. The first-order valence-electron chi connectivity index (χ1n) is 5.58. The second-order valence-electron chi connectivity index (χ2n) is 4.13. The van der Waals surface area contributed by atoms with E-state index in [2.05, 4.69) is 4.98 Å². The Hall–Kier alpha value is -1.58. The first kappa shape index (κ1) is 13.8. The van der Waals surface area contributed by atoms with E-state index < -0.39 is 5.97 Å². The molecule has 0 saturated carbocycles. The highest BCUT2D eigenvalue weighted by Gasteiger charge is 2.11. The lowest BCUT2D eigenvalue weighted by Gasteiger charge is -2.07. The maximum Gasteiger partial charge on any atom is 0.345 e. The number of aromatic nitrogens is 1. The zero-order valence-electron chi connectivity index (χ0n) is 10.4. The van der Waals surface area contributed by atoms with E-state index >= 15 is 0 Å². The molecule has 0 saturated heterocycles. The lowest BCUT2D eigenvalue weighted by molar-refractivity contribution is 0.0734. The van der Waals surface area contributed by atoms with Crippen molar-refractivity contribution in [1.82, 2.24) is 4.98 Å². The van der Waals surface area contributed by atoms with Crippen molar-refractivity contribution in [3.8, 4) is 5.75 Å². The van der Waals surface area contributed by atoms with Gasteiger partial charge in [-0.1, -0.05) is 29.3 Å². The van der Waals surface area contributed by atoms with Crippen molar-refractivity contribution >= 4 is 29.2 Å². The quantitative estimate of drug-likeness (QED) is 0.473. The van der Waals surface area contributed by atoms with Crippen LogP contribution in [0.1, 0.15) is 21.5 Å². The average molecular weight is 296 g/mol. The number of benzene rings is 1. The maximum atomic E-state index is 11.9. The molecule has 1 aromatic heterocycles. The molecule has 0 fully saturated rings. The topological polar surface area (TPSA) is 39.2 Å². The summed E-state index contributed by atoms with van der Waals surface area (Å²) in [6, 6.07) is 6.87. The molecule has 0 spiro atoms. The van der Waals surface area contributed by atoms with Crippen LogP contribution < -0.4 is 4.74 Å². The smallest absolute Gasteiger partial charge is 0.345 e. The summed E-state index contributed by atoms with van der Waals surface area (Å²) in [7, 11) is 0. The number of hydrogen-bond acceptors (Lipinski definition) is 3. The molecule has 0 aliphatic carbocycles. The van der Waals surface area contributed by atoms with Crippen LogP contribution in [-0.4, -0.2) is 11.0 Å². The van der Waals surface area contributed by atoms with Gasteiger partial charge in [0, 0.05) is 6.20 Å². The number of halogens is 2. The van der Waals surface area contributed by atoms with Crippen LogP contribution in [0.15, 0.2) is 30.5 Å². The Balaban J connectivity index is 2.20. The van der Waals surface area contributed by atoms with E-state index in [0.29, 0.717) is 5.75 Å². The average Bonchev–Trinajstić information content (AvgIpc) is 2.37. The van der Waals surface area contributed by atoms with E-state index in [0.717, 1.165) is 11.1 Å². The third-order valence-electron chi connectivity index (χ3n) is 2.72. The summed E-state index contributed by atoms with van der Waals surface area (Å²) in [4.78, 5) is 15.7. The molecule has 19 heavy (non-hydrogen) atoms. The largest absolute Gasteiger partial charge is 0.423 e. The van der Waals surface area contributed by atoms with Crippen LogP contribution in [0, 0.1) is 13.8 Å². The predicted molar refractivity (Wildman–Crippen MR) is 75.1 cm³/mol. The zero-order chi connectivity index (χ0) is 14.0. The lowest BCUT2D eigenvalue weighted by Crippen LogP contribution is -2.09. The third kappa shape index (κ3) is 3.25. The first-order valence-corrected chi connectivity index (χ1v) is 6.33. The number of carbonyl (C=O) groups is 1. The van der Waals surface area contributed by atoms with Gasteiger partial charge in [-0.3, -0.25) is 0 Å². The third-order valence-corrected chi connectivity index (χ3v) is 3.41. The first-order chi connectivity index (χ1) is 8.97. The van der Waals surface area contributed by atoms with E-state index in [4.69, 9.17) is 27.9 Å². The molecule has 0 amide bonds. The Morgan fingerprint density at radius 2 is 1.89 bits per heavy atom. The highest BCUT2D eigenvalue weighted by atomic mass is 35.5. The molecule has 0 aliphatic rings. The summed E-state index contributed by atoms with van der Waals surface area (Å²) in [5, 5.41) is 0.376. The zero-order valence-corrected chi connectivity index (χ0v) is 11.9. The van der Waals surface area contributed by atoms with Gasteiger partial charge in [0.2, 0.25) is 0 Å². The van der Waals surface area contributed by atoms with Crippen molar-refractivity contribution in [1.29, 1.82) is 0 Å². The molecule has 0 radical (unpaired) electrons. The minimum absolute atomic E-state index is 0.157. The molecule has 2 aromatic rings. The molecule has 0 unspecified atom stereocenters. The van der Waals surface area contributed by atoms with Crippen LogP contribution in [0.2, 0.25) is 10.2 Å². The minimum atomic E-state index is -0.519. The maximum absolute atomic E-state index is 11.9. The van der Waals surface area contributed by atoms with Crippen LogP contribution in [0.4, 0.5) is 0 Å². The number of nitrogens with zero attached hydrogens (tertiary/aromatic N) is 1. The molecule has 0 N–H and O–H groups in total. The highest BCUT2D eigenvalue weighted by molar-refractivity contribution is 6.41. The normalized spacial score (nSPS) is 10.3. The Labute approximate surface area is 121 Å². The van der Waals surface area contributed by atoms with Crippen molar-refractivity contribution in [2.45, 2.75) is 13.8 Å². The fourth-order valence-electron chi connectivity index (χ4n) is 1.48. The summed E-state index contributed by atoms with van der Waals surface area (Å²) in [5.41, 5.74) is 2.45. The predicted octanol–water partition coefficient (Wildman–Crippen LogP) is 4.22. The van der Waals surface area contributed by atoms with Crippen molar-refractivity contribution in [2.24, 2.45) is 0 Å². The number of rotatable bonds is 2. The molecule has 3 nitrogen and oxygen atoms in total. The molecule has 1 heterocycles. The van der Waals surface area contributed by atoms with Crippen molar-refractivity contribution in [3.63, 3.8) is 0 Å². The summed E-state index contributed by atoms with van der Waals surface area (Å²) in [5.74, 6) is -0.0338. The summed E-state index contributed by atoms with van der Waals surface area (Å²) in [6.07, 6.45) is 1.33. The monoisotopic (exact) mass is 295 g/mol. The Kier molecular flexibility index (Phi) is 4.08. The van der Waals surface area contributed by atoms with E-state index in [1.807, 2.05) is 19.9 Å². The molecular formula is C14H11Cl2NO2. The number of pyridine rings is 1. The van der Waals surface area contributed by atoms with Gasteiger partial charge in [-0.2, -0.15) is 0 Å². The van der Waals surface area contributed by atoms with Crippen molar-refractivity contribution < 1.29 is 9.53 Å². The fraction of sp³-hybridized carbons (Fsp3) is 0.143. The van der Waals surface area contributed by atoms with E-state index in [1.165, 1.54) is 12.3 Å². The fourth-order valence-corrected chi connectivity index (χ4v) is 1.75. The van der Waals surface area contributed by atoms with Gasteiger partial charge in [0.25, 0.3) is 0 Å². The number of esters is 1. The second-order valence-corrected chi connectivity index (χ2v) is 4.90. The van der Waals surface area contributed by atoms with Gasteiger partial charge in [0.15, 0.2) is 0 Å². The number of carbonyl (C=O) groups excluding carboxylic acids is 1. The van der Waals surface area contributed by atoms with Gasteiger partial charge in [-0.25, -0.2) is 9.78 Å². The second kappa shape index (κ2) is 5.59. The van der Waals surface area contributed by atoms with E-state index in [-0.39, 0.29) is 15.7 Å². The van der Waals surface area contributed by atoms with Gasteiger partial charge in [0.05, 0.1) is 10.6 Å². The molecule has 2 rings (SSSR count). The van der Waals surface area contributed by atoms with Crippen molar-refractivity contribution in [3.05, 3.63) is 57.3 Å². The Morgan fingerprint density at radius 1 is 1.16 bits per heavy atom. The summed E-state index contributed by atoms with van der Waals surface area (Å²) in [6.45, 7) is 3.94. The summed E-state index contributed by atoms with van der Waals surface area (Å²) < 4.78 is 5.25. The number of ether oxygens (including phenoxy) is 1. The van der Waals surface area contributed by atoms with Crippen molar-refractivity contribution in [2.75, 3.05) is 0 Å². The van der Waals surface area contributed by atoms with Crippen LogP contribution >= 0.6 is 23.2 Å². The standard InChI is InChI=1S/C14H11Cl2NO2/c1-8-3-4-11(5-9(8)2)19-14(18)10-6-12(15)13(16)17-7-10/h3-7H,1-2H3. The molecule has 0 bridgehead atoms. The van der Waals surface area contributed by atoms with Crippen LogP contribution in [-0.2, 0) is 0 Å². The number of hydrogen-bond donors (Lipinski definition) is 0. The highest BCUT2D eigenvalue weighted by Crippen LogP contribution is 2.22. The van der Waals surface area contributed by atoms with Gasteiger partial charge < -0.3 is 4.74 Å². The van der Waals surface area contributed by atoms with Crippen LogP contribution in [0.3, 0.4) is 0 Å².